The highest BCUT2D eigenvalue weighted by atomic mass is 79.9. The minimum absolute atomic E-state index is 0. The fourth-order valence-electron chi connectivity index (χ4n) is 2.08. The number of fused-ring (bicyclic) bond motifs is 1. The largest absolute Gasteiger partial charge is 0.505 e. The summed E-state index contributed by atoms with van der Waals surface area (Å²) in [5, 5.41) is 13.8. The van der Waals surface area contributed by atoms with Crippen molar-refractivity contribution in [2.75, 3.05) is 5.32 Å². The second-order valence-corrected chi connectivity index (χ2v) is 5.42. The number of phenols is 1. The van der Waals surface area contributed by atoms with Gasteiger partial charge in [-0.1, -0.05) is 41.6 Å². The van der Waals surface area contributed by atoms with Crippen LogP contribution in [0.3, 0.4) is 0 Å². The molecule has 0 aliphatic carbocycles. The van der Waals surface area contributed by atoms with Gasteiger partial charge in [-0.2, -0.15) is 0 Å². The summed E-state index contributed by atoms with van der Waals surface area (Å²) in [5.74, 6) is -0.487. The van der Waals surface area contributed by atoms with Crippen molar-refractivity contribution < 1.29 is 9.90 Å². The summed E-state index contributed by atoms with van der Waals surface area (Å²) in [6.45, 7) is 0. The van der Waals surface area contributed by atoms with Crippen molar-refractivity contribution in [3.05, 3.63) is 64.8 Å². The van der Waals surface area contributed by atoms with E-state index in [4.69, 9.17) is 0 Å². The van der Waals surface area contributed by atoms with Gasteiger partial charge in [0.25, 0.3) is 5.91 Å². The van der Waals surface area contributed by atoms with E-state index in [1.165, 1.54) is 0 Å². The molecule has 22 heavy (non-hydrogen) atoms. The summed E-state index contributed by atoms with van der Waals surface area (Å²) in [5.41, 5.74) is 1.26. The van der Waals surface area contributed by atoms with Gasteiger partial charge in [-0.25, -0.2) is 0 Å². The molecule has 112 valence electrons. The van der Waals surface area contributed by atoms with E-state index in [0.29, 0.717) is 11.2 Å². The Kier molecular flexibility index (Phi) is 4.78. The topological polar surface area (TPSA) is 62.2 Å². The summed E-state index contributed by atoms with van der Waals surface area (Å²) >= 11 is 3.34. The van der Waals surface area contributed by atoms with E-state index in [1.807, 2.05) is 18.2 Å². The van der Waals surface area contributed by atoms with Gasteiger partial charge < -0.3 is 10.4 Å². The van der Waals surface area contributed by atoms with E-state index in [1.54, 1.807) is 36.5 Å². The molecular weight excluding hydrogens is 344 g/mol. The average molecular weight is 359 g/mol. The highest BCUT2D eigenvalue weighted by molar-refractivity contribution is 9.10. The highest BCUT2D eigenvalue weighted by Crippen LogP contribution is 2.27. The number of nitrogens with one attached hydrogen (secondary N) is 1. The molecule has 2 aromatic carbocycles. The van der Waals surface area contributed by atoms with Crippen LogP contribution in [0.2, 0.25) is 0 Å². The number of aromatic hydroxyl groups is 1. The van der Waals surface area contributed by atoms with E-state index in [0.717, 1.165) is 9.86 Å². The van der Waals surface area contributed by atoms with Crippen LogP contribution in [-0.4, -0.2) is 16.0 Å². The Hall–Kier alpha value is -2.40. The van der Waals surface area contributed by atoms with Crippen molar-refractivity contribution in [3.8, 4) is 5.75 Å². The van der Waals surface area contributed by atoms with Crippen molar-refractivity contribution in [3.63, 3.8) is 0 Å². The highest BCUT2D eigenvalue weighted by Gasteiger charge is 2.14. The number of halogens is 1. The van der Waals surface area contributed by atoms with Gasteiger partial charge in [-0.3, -0.25) is 9.78 Å². The van der Waals surface area contributed by atoms with Gasteiger partial charge in [0.2, 0.25) is 0 Å². The fourth-order valence-corrected chi connectivity index (χ4v) is 2.48. The number of nitrogens with zero attached hydrogens (tertiary/aromatic N) is 1. The first-order valence-electron chi connectivity index (χ1n) is 6.29. The number of phenolic OH excluding ortho intramolecular Hbond substituents is 1. The zero-order chi connectivity index (χ0) is 14.8. The molecule has 3 rings (SSSR count). The number of anilines is 1. The predicted octanol–water partition coefficient (Wildman–Crippen LogP) is 4.59. The molecule has 0 atom stereocenters. The average Bonchev–Trinajstić information content (AvgIpc) is 2.48. The first-order valence-corrected chi connectivity index (χ1v) is 7.08. The van der Waals surface area contributed by atoms with Crippen LogP contribution < -0.4 is 5.32 Å². The molecule has 0 saturated carbocycles. The van der Waals surface area contributed by atoms with Crippen LogP contribution in [-0.2, 0) is 0 Å². The first kappa shape index (κ1) is 16.0. The first-order chi connectivity index (χ1) is 10.1. The number of benzene rings is 2. The number of carbonyl (C=O) groups is 1. The summed E-state index contributed by atoms with van der Waals surface area (Å²) in [6, 6.07) is 14.2. The van der Waals surface area contributed by atoms with Crippen molar-refractivity contribution in [2.45, 2.75) is 7.43 Å². The van der Waals surface area contributed by atoms with E-state index in [9.17, 15) is 9.90 Å². The molecule has 1 aromatic heterocycles. The maximum Gasteiger partial charge on any atom is 0.259 e. The van der Waals surface area contributed by atoms with Crippen LogP contribution in [0.15, 0.2) is 59.2 Å². The zero-order valence-electron chi connectivity index (χ0n) is 10.9. The predicted molar refractivity (Wildman–Crippen MR) is 92.2 cm³/mol. The molecule has 0 aliphatic rings. The van der Waals surface area contributed by atoms with Crippen molar-refractivity contribution in [1.82, 2.24) is 4.98 Å². The second-order valence-electron chi connectivity index (χ2n) is 4.50. The molecule has 0 spiro atoms. The van der Waals surface area contributed by atoms with Gasteiger partial charge in [0, 0.05) is 21.7 Å². The third-order valence-electron chi connectivity index (χ3n) is 3.08. The Morgan fingerprint density at radius 2 is 1.95 bits per heavy atom. The molecule has 2 N–H and O–H groups in total. The number of rotatable bonds is 2. The maximum absolute atomic E-state index is 12.3. The number of amides is 1. The van der Waals surface area contributed by atoms with Crippen LogP contribution in [0.4, 0.5) is 5.69 Å². The van der Waals surface area contributed by atoms with Gasteiger partial charge in [-0.05, 0) is 30.3 Å². The molecular formula is C17H15BrN2O2. The molecule has 3 aromatic rings. The fraction of sp³-hybridized carbons (Fsp3) is 0.0588. The van der Waals surface area contributed by atoms with E-state index in [2.05, 4.69) is 26.2 Å². The summed E-state index contributed by atoms with van der Waals surface area (Å²) in [4.78, 5) is 16.4. The Morgan fingerprint density at radius 1 is 1.14 bits per heavy atom. The quantitative estimate of drug-likeness (QED) is 0.703. The third kappa shape index (κ3) is 3.09. The lowest BCUT2D eigenvalue weighted by atomic mass is 10.1. The lowest BCUT2D eigenvalue weighted by Gasteiger charge is -2.08. The standard InChI is InChI=1S/C16H11BrN2O2.CH4/c17-11-4-1-5-12(9-11)19-16(21)13-7-6-10-3-2-8-18-14(10)15(13)20;/h1-9,20H,(H,19,21);1H4. The number of carbonyl (C=O) groups excluding carboxylic acids is 1. The van der Waals surface area contributed by atoms with E-state index in [-0.39, 0.29) is 24.6 Å². The van der Waals surface area contributed by atoms with Crippen LogP contribution in [0.25, 0.3) is 10.9 Å². The molecule has 0 radical (unpaired) electrons. The third-order valence-corrected chi connectivity index (χ3v) is 3.57. The van der Waals surface area contributed by atoms with Gasteiger partial charge in [0.05, 0.1) is 5.56 Å². The number of hydrogen-bond acceptors (Lipinski definition) is 3. The normalized spacial score (nSPS) is 10.0. The smallest absolute Gasteiger partial charge is 0.259 e. The Morgan fingerprint density at radius 3 is 2.73 bits per heavy atom. The van der Waals surface area contributed by atoms with Crippen LogP contribution in [0, 0.1) is 0 Å². The van der Waals surface area contributed by atoms with Crippen LogP contribution in [0.5, 0.6) is 5.75 Å². The lowest BCUT2D eigenvalue weighted by Crippen LogP contribution is -2.12. The van der Waals surface area contributed by atoms with Gasteiger partial charge in [-0.15, -0.1) is 0 Å². The Bertz CT molecular complexity index is 834. The molecule has 0 aliphatic heterocycles. The van der Waals surface area contributed by atoms with Crippen LogP contribution in [0.1, 0.15) is 17.8 Å². The molecule has 0 saturated heterocycles. The van der Waals surface area contributed by atoms with Gasteiger partial charge in [0.1, 0.15) is 5.52 Å². The van der Waals surface area contributed by atoms with E-state index < -0.39 is 0 Å². The van der Waals surface area contributed by atoms with Crippen molar-refractivity contribution >= 4 is 38.4 Å². The Labute approximate surface area is 136 Å². The molecule has 0 unspecified atom stereocenters. The van der Waals surface area contributed by atoms with E-state index >= 15 is 0 Å². The number of hydrogen-bond donors (Lipinski definition) is 2. The molecule has 0 fully saturated rings. The van der Waals surface area contributed by atoms with Gasteiger partial charge >= 0.3 is 0 Å². The summed E-state index contributed by atoms with van der Waals surface area (Å²) < 4.78 is 0.865. The minimum Gasteiger partial charge on any atom is -0.505 e. The summed E-state index contributed by atoms with van der Waals surface area (Å²) in [6.07, 6.45) is 1.58. The second kappa shape index (κ2) is 6.58. The van der Waals surface area contributed by atoms with Gasteiger partial charge in [0.15, 0.2) is 5.75 Å². The number of aromatic nitrogens is 1. The van der Waals surface area contributed by atoms with Crippen LogP contribution >= 0.6 is 15.9 Å². The maximum atomic E-state index is 12.3. The number of pyridine rings is 1. The lowest BCUT2D eigenvalue weighted by molar-refractivity contribution is 0.102. The molecule has 1 amide bonds. The monoisotopic (exact) mass is 358 g/mol. The molecule has 1 heterocycles. The SMILES string of the molecule is C.O=C(Nc1cccc(Br)c1)c1ccc2cccnc2c1O. The molecule has 0 bridgehead atoms. The molecule has 4 nitrogen and oxygen atoms in total. The minimum atomic E-state index is -0.377. The summed E-state index contributed by atoms with van der Waals surface area (Å²) in [7, 11) is 0. The zero-order valence-corrected chi connectivity index (χ0v) is 12.5. The van der Waals surface area contributed by atoms with Crippen molar-refractivity contribution in [2.24, 2.45) is 0 Å². The Balaban J connectivity index is 0.00000176. The van der Waals surface area contributed by atoms with Crippen molar-refractivity contribution in [1.29, 1.82) is 0 Å². The molecule has 5 heteroatoms.